The van der Waals surface area contributed by atoms with E-state index in [9.17, 15) is 40.4 Å². The average molecular weight is 833 g/mol. The molecular formula is C39H48F4N8O6S. The van der Waals surface area contributed by atoms with Gasteiger partial charge in [-0.15, -0.1) is 13.2 Å². The summed E-state index contributed by atoms with van der Waals surface area (Å²) in [5, 5.41) is 5.61. The van der Waals surface area contributed by atoms with Gasteiger partial charge in [-0.05, 0) is 77.5 Å². The van der Waals surface area contributed by atoms with Crippen LogP contribution >= 0.6 is 0 Å². The number of hydrogen-bond donors (Lipinski definition) is 3. The number of nitrogens with zero attached hydrogens (tertiary/aromatic N) is 5. The van der Waals surface area contributed by atoms with E-state index >= 15 is 0 Å². The molecule has 5 atom stereocenters. The van der Waals surface area contributed by atoms with Crippen LogP contribution < -0.4 is 20.1 Å². The van der Waals surface area contributed by atoms with Crippen molar-refractivity contribution in [3.63, 3.8) is 0 Å². The number of alkyl halides is 3. The second-order valence-corrected chi connectivity index (χ2v) is 18.0. The summed E-state index contributed by atoms with van der Waals surface area (Å²) in [7, 11) is -4.07. The molecule has 19 heteroatoms. The number of likely N-dealkylation sites (tertiary alicyclic amines) is 1. The van der Waals surface area contributed by atoms with E-state index in [-0.39, 0.29) is 43.5 Å². The highest BCUT2D eigenvalue weighted by molar-refractivity contribution is 7.91. The van der Waals surface area contributed by atoms with Crippen LogP contribution in [0, 0.1) is 11.7 Å². The second kappa shape index (κ2) is 16.3. The fourth-order valence-corrected chi connectivity index (χ4v) is 8.64. The zero-order valence-electron chi connectivity index (χ0n) is 32.5. The first kappa shape index (κ1) is 42.5. The maximum absolute atomic E-state index is 14.7. The van der Waals surface area contributed by atoms with Gasteiger partial charge in [0.1, 0.15) is 41.4 Å². The Hall–Kier alpha value is -5.07. The SMILES string of the molecule is C=CCCCCC[C@H](Nc1ccc(F)c(C(F)(F)F)c1)C(=O)N1C[C@H](Oc2nc3cncnc3n2C(C)C)C[C@H]1C(=O)N[C@]1(C(=O)NS(=O)(=O)C2(C)CC2)C[C@H]1C=C. The highest BCUT2D eigenvalue weighted by Gasteiger charge is 2.63. The fourth-order valence-electron chi connectivity index (χ4n) is 7.32. The Balaban J connectivity index is 1.32. The first-order valence-corrected chi connectivity index (χ1v) is 20.7. The minimum absolute atomic E-state index is 0.0569. The molecule has 0 radical (unpaired) electrons. The number of fused-ring (bicyclic) bond motifs is 1. The lowest BCUT2D eigenvalue weighted by Crippen LogP contribution is -2.58. The lowest BCUT2D eigenvalue weighted by atomic mass is 10.0. The highest BCUT2D eigenvalue weighted by atomic mass is 32.2. The summed E-state index contributed by atoms with van der Waals surface area (Å²) in [6.07, 6.45) is 3.62. The van der Waals surface area contributed by atoms with Crippen molar-refractivity contribution in [1.82, 2.24) is 34.5 Å². The van der Waals surface area contributed by atoms with Crippen LogP contribution in [0.5, 0.6) is 6.01 Å². The molecule has 3 amide bonds. The standard InChI is InChI=1S/C39H48F4N8O6S/c1-6-8-9-10-11-12-29(46-25-13-14-28(40)27(17-25)39(41,42)43)34(53)50-21-26(57-36-47-30-20-44-22-45-32(30)51(36)23(3)4)18-31(50)33(52)48-38(19-24(38)7-2)35(54)49-58(55,56)37(5)15-16-37/h6-7,13-14,17,20,22-24,26,29,31,46H,1-2,8-12,15-16,18-19,21H2,3-5H3,(H,48,52)(H,49,54)/t24-,26-,29+,31+,38-/m1/s1. The van der Waals surface area contributed by atoms with Crippen LogP contribution in [0.4, 0.5) is 23.2 Å². The summed E-state index contributed by atoms with van der Waals surface area (Å²) >= 11 is 0. The van der Waals surface area contributed by atoms with E-state index < -0.39 is 79.7 Å². The number of carbonyl (C=O) groups is 3. The molecule has 14 nitrogen and oxygen atoms in total. The Bertz CT molecular complexity index is 2190. The Labute approximate surface area is 334 Å². The minimum Gasteiger partial charge on any atom is -0.459 e. The molecule has 1 saturated heterocycles. The Morgan fingerprint density at radius 3 is 2.52 bits per heavy atom. The molecule has 1 aromatic carbocycles. The molecule has 2 saturated carbocycles. The number of sulfonamides is 1. The lowest BCUT2D eigenvalue weighted by Gasteiger charge is -2.30. The molecule has 314 valence electrons. The molecule has 58 heavy (non-hydrogen) atoms. The van der Waals surface area contributed by atoms with E-state index in [0.29, 0.717) is 55.4 Å². The van der Waals surface area contributed by atoms with Crippen molar-refractivity contribution < 1.29 is 45.1 Å². The number of rotatable bonds is 18. The Morgan fingerprint density at radius 1 is 1.14 bits per heavy atom. The van der Waals surface area contributed by atoms with Gasteiger partial charge in [0.15, 0.2) is 5.65 Å². The first-order chi connectivity index (χ1) is 27.3. The van der Waals surface area contributed by atoms with E-state index in [1.54, 1.807) is 10.6 Å². The van der Waals surface area contributed by atoms with Gasteiger partial charge in [0.25, 0.3) is 11.9 Å². The number of ether oxygens (including phenoxy) is 1. The van der Waals surface area contributed by atoms with E-state index in [4.69, 9.17) is 4.74 Å². The van der Waals surface area contributed by atoms with Crippen molar-refractivity contribution in [3.05, 3.63) is 67.4 Å². The second-order valence-electron chi connectivity index (χ2n) is 15.8. The quantitative estimate of drug-likeness (QED) is 0.0832. The maximum Gasteiger partial charge on any atom is 0.419 e. The summed E-state index contributed by atoms with van der Waals surface area (Å²) in [4.78, 5) is 56.9. The van der Waals surface area contributed by atoms with Crippen LogP contribution in [-0.2, 0) is 30.6 Å². The van der Waals surface area contributed by atoms with Crippen LogP contribution in [0.25, 0.3) is 11.2 Å². The molecule has 0 unspecified atom stereocenters. The molecule has 6 rings (SSSR count). The van der Waals surface area contributed by atoms with E-state index in [1.165, 1.54) is 30.4 Å². The molecular weight excluding hydrogens is 785 g/mol. The van der Waals surface area contributed by atoms with Crippen LogP contribution in [-0.4, -0.2) is 85.6 Å². The van der Waals surface area contributed by atoms with Gasteiger partial charge >= 0.3 is 6.18 Å². The molecule has 3 fully saturated rings. The number of unbranched alkanes of at least 4 members (excludes halogenated alkanes) is 3. The Morgan fingerprint density at radius 2 is 1.88 bits per heavy atom. The minimum atomic E-state index is -5.00. The third-order valence-corrected chi connectivity index (χ3v) is 13.3. The highest BCUT2D eigenvalue weighted by Crippen LogP contribution is 2.47. The van der Waals surface area contributed by atoms with E-state index in [2.05, 4.69) is 43.5 Å². The zero-order chi connectivity index (χ0) is 42.2. The van der Waals surface area contributed by atoms with Gasteiger partial charge in [0, 0.05) is 24.1 Å². The van der Waals surface area contributed by atoms with Crippen molar-refractivity contribution in [2.45, 2.75) is 119 Å². The summed E-state index contributed by atoms with van der Waals surface area (Å²) in [5.41, 5.74) is -2.41. The number of nitrogens with one attached hydrogen (secondary N) is 3. The van der Waals surface area contributed by atoms with E-state index in [0.717, 1.165) is 12.5 Å². The molecule has 3 heterocycles. The molecule has 0 spiro atoms. The van der Waals surface area contributed by atoms with Gasteiger partial charge in [-0.25, -0.2) is 22.8 Å². The number of halogens is 4. The number of anilines is 1. The molecule has 3 aromatic rings. The lowest BCUT2D eigenvalue weighted by molar-refractivity contribution is -0.140. The van der Waals surface area contributed by atoms with Gasteiger partial charge in [-0.1, -0.05) is 25.0 Å². The summed E-state index contributed by atoms with van der Waals surface area (Å²) in [6, 6.07) is -0.141. The molecule has 1 aliphatic heterocycles. The molecule has 2 aromatic heterocycles. The number of amides is 3. The average Bonchev–Trinajstić information content (AvgIpc) is 3.99. The normalized spacial score (nSPS) is 23.0. The molecule has 0 bridgehead atoms. The van der Waals surface area contributed by atoms with Crippen molar-refractivity contribution >= 4 is 44.6 Å². The third-order valence-electron chi connectivity index (χ3n) is 11.2. The van der Waals surface area contributed by atoms with Crippen molar-refractivity contribution in [1.29, 1.82) is 0 Å². The zero-order valence-corrected chi connectivity index (χ0v) is 33.3. The van der Waals surface area contributed by atoms with E-state index in [1.807, 2.05) is 13.8 Å². The molecule has 3 N–H and O–H groups in total. The van der Waals surface area contributed by atoms with Gasteiger partial charge in [-0.3, -0.25) is 23.7 Å². The monoisotopic (exact) mass is 832 g/mol. The number of benzene rings is 1. The number of allylic oxidation sites excluding steroid dienone is 1. The van der Waals surface area contributed by atoms with Crippen LogP contribution in [0.3, 0.4) is 0 Å². The number of imidazole rings is 1. The number of aromatic nitrogens is 4. The van der Waals surface area contributed by atoms with Gasteiger partial charge < -0.3 is 20.3 Å². The molecule has 3 aliphatic rings. The maximum atomic E-state index is 14.7. The predicted octanol–water partition coefficient (Wildman–Crippen LogP) is 5.59. The fraction of sp³-hybridized carbons (Fsp3) is 0.538. The molecule has 2 aliphatic carbocycles. The third kappa shape index (κ3) is 8.68. The number of carbonyl (C=O) groups excluding carboxylic acids is 3. The topological polar surface area (TPSA) is 178 Å². The van der Waals surface area contributed by atoms with Crippen molar-refractivity contribution in [3.8, 4) is 6.01 Å². The van der Waals surface area contributed by atoms with Crippen LogP contribution in [0.1, 0.15) is 90.2 Å². The van der Waals surface area contributed by atoms with Gasteiger partial charge in [0.2, 0.25) is 21.8 Å². The predicted molar refractivity (Wildman–Crippen MR) is 206 cm³/mol. The van der Waals surface area contributed by atoms with Crippen LogP contribution in [0.2, 0.25) is 0 Å². The first-order valence-electron chi connectivity index (χ1n) is 19.2. The van der Waals surface area contributed by atoms with Gasteiger partial charge in [0.05, 0.1) is 23.1 Å². The van der Waals surface area contributed by atoms with Crippen molar-refractivity contribution in [2.24, 2.45) is 5.92 Å². The summed E-state index contributed by atoms with van der Waals surface area (Å²) in [6.45, 7) is 12.6. The van der Waals surface area contributed by atoms with Crippen LogP contribution in [0.15, 0.2) is 56.0 Å². The Kier molecular flexibility index (Phi) is 11.9. The largest absolute Gasteiger partial charge is 0.459 e. The summed E-state index contributed by atoms with van der Waals surface area (Å²) < 4.78 is 90.7. The smallest absolute Gasteiger partial charge is 0.419 e. The van der Waals surface area contributed by atoms with Gasteiger partial charge in [-0.2, -0.15) is 18.2 Å². The summed E-state index contributed by atoms with van der Waals surface area (Å²) in [5.74, 6) is -4.45. The van der Waals surface area contributed by atoms with Crippen molar-refractivity contribution in [2.75, 3.05) is 11.9 Å². The number of hydrogen-bond acceptors (Lipinski definition) is 10.